The van der Waals surface area contributed by atoms with Gasteiger partial charge in [0.05, 0.1) is 11.4 Å². The molecular weight excluding hydrogens is 360 g/mol. The van der Waals surface area contributed by atoms with Crippen LogP contribution in [0.1, 0.15) is 16.7 Å². The molecule has 1 nitrogen and oxygen atoms in total. The molecule has 0 spiro atoms. The summed E-state index contributed by atoms with van der Waals surface area (Å²) in [5.74, 6) is -1.24. The van der Waals surface area contributed by atoms with Gasteiger partial charge in [0, 0.05) is 16.5 Å². The number of rotatable bonds is 5. The van der Waals surface area contributed by atoms with E-state index in [1.54, 1.807) is 6.08 Å². The summed E-state index contributed by atoms with van der Waals surface area (Å²) in [6.07, 6.45) is 1.75. The number of nitrogens with zero attached hydrogens (tertiary/aromatic N) is 1. The molecule has 3 aromatic carbocycles. The van der Waals surface area contributed by atoms with Crippen molar-refractivity contribution in [3.8, 4) is 0 Å². The summed E-state index contributed by atoms with van der Waals surface area (Å²) < 4.78 is 27.6. The van der Waals surface area contributed by atoms with E-state index >= 15 is 0 Å². The van der Waals surface area contributed by atoms with E-state index in [1.807, 2.05) is 67.8 Å². The molecule has 0 atom stereocenters. The lowest BCUT2D eigenvalue weighted by atomic mass is 10.1. The van der Waals surface area contributed by atoms with Crippen molar-refractivity contribution < 1.29 is 8.78 Å². The zero-order valence-corrected chi connectivity index (χ0v) is 15.9. The molecule has 4 heteroatoms. The van der Waals surface area contributed by atoms with Crippen molar-refractivity contribution in [3.05, 3.63) is 107 Å². The first-order valence-corrected chi connectivity index (χ1v) is 9.40. The quantitative estimate of drug-likeness (QED) is 0.343. The van der Waals surface area contributed by atoms with Gasteiger partial charge in [0.1, 0.15) is 11.6 Å². The van der Waals surface area contributed by atoms with Gasteiger partial charge < -0.3 is 0 Å². The lowest BCUT2D eigenvalue weighted by molar-refractivity contribution is 0.582. The minimum absolute atomic E-state index is 0.262. The SMILES string of the molecule is Cc1ccc(N=C(C=CSc2ccc(C)cc2)c2ccc(F)cc2F)cc1. The number of halogens is 2. The lowest BCUT2D eigenvalue weighted by Gasteiger charge is -2.05. The van der Waals surface area contributed by atoms with Gasteiger partial charge in [-0.05, 0) is 61.7 Å². The van der Waals surface area contributed by atoms with E-state index in [-0.39, 0.29) is 5.56 Å². The van der Waals surface area contributed by atoms with Crippen molar-refractivity contribution in [3.63, 3.8) is 0 Å². The summed E-state index contributed by atoms with van der Waals surface area (Å²) in [6, 6.07) is 19.3. The first-order chi connectivity index (χ1) is 13.0. The maximum Gasteiger partial charge on any atom is 0.135 e. The normalized spacial score (nSPS) is 11.9. The molecule has 0 N–H and O–H groups in total. The average molecular weight is 379 g/mol. The van der Waals surface area contributed by atoms with Crippen LogP contribution in [-0.4, -0.2) is 5.71 Å². The maximum absolute atomic E-state index is 14.3. The van der Waals surface area contributed by atoms with Crippen LogP contribution < -0.4 is 0 Å². The van der Waals surface area contributed by atoms with Gasteiger partial charge in [-0.15, -0.1) is 0 Å². The van der Waals surface area contributed by atoms with E-state index in [9.17, 15) is 8.78 Å². The molecule has 3 rings (SSSR count). The van der Waals surface area contributed by atoms with Crippen LogP contribution in [0.3, 0.4) is 0 Å². The molecule has 0 aromatic heterocycles. The van der Waals surface area contributed by atoms with E-state index in [4.69, 9.17) is 0 Å². The van der Waals surface area contributed by atoms with Crippen LogP contribution in [0, 0.1) is 25.5 Å². The fourth-order valence-electron chi connectivity index (χ4n) is 2.44. The highest BCUT2D eigenvalue weighted by Gasteiger charge is 2.09. The molecule has 0 radical (unpaired) electrons. The number of aryl methyl sites for hydroxylation is 2. The molecule has 3 aromatic rings. The van der Waals surface area contributed by atoms with Gasteiger partial charge in [-0.1, -0.05) is 47.2 Å². The van der Waals surface area contributed by atoms with E-state index < -0.39 is 11.6 Å². The number of hydrogen-bond donors (Lipinski definition) is 0. The van der Waals surface area contributed by atoms with Gasteiger partial charge in [0.25, 0.3) is 0 Å². The Morgan fingerprint density at radius 1 is 0.852 bits per heavy atom. The number of benzene rings is 3. The molecule has 0 saturated carbocycles. The number of thioether (sulfide) groups is 1. The Labute approximate surface area is 162 Å². The molecule has 27 heavy (non-hydrogen) atoms. The van der Waals surface area contributed by atoms with Gasteiger partial charge in [-0.2, -0.15) is 0 Å². The summed E-state index contributed by atoms with van der Waals surface area (Å²) in [5, 5.41) is 1.86. The van der Waals surface area contributed by atoms with Crippen LogP contribution in [-0.2, 0) is 0 Å². The molecular formula is C23H19F2NS. The molecule has 0 bridgehead atoms. The van der Waals surface area contributed by atoms with Crippen molar-refractivity contribution in [2.75, 3.05) is 0 Å². The van der Waals surface area contributed by atoms with Crippen LogP contribution in [0.25, 0.3) is 0 Å². The van der Waals surface area contributed by atoms with Crippen LogP contribution in [0.2, 0.25) is 0 Å². The Morgan fingerprint density at radius 3 is 2.11 bits per heavy atom. The number of aliphatic imine (C=N–C) groups is 1. The van der Waals surface area contributed by atoms with E-state index in [1.165, 1.54) is 29.5 Å². The lowest BCUT2D eigenvalue weighted by Crippen LogP contribution is -2.01. The molecule has 0 amide bonds. The van der Waals surface area contributed by atoms with Gasteiger partial charge in [-0.25, -0.2) is 13.8 Å². The van der Waals surface area contributed by atoms with Crippen molar-refractivity contribution in [2.24, 2.45) is 4.99 Å². The van der Waals surface area contributed by atoms with Gasteiger partial charge in [0.15, 0.2) is 0 Å². The molecule has 0 unspecified atom stereocenters. The molecule has 0 aliphatic heterocycles. The van der Waals surface area contributed by atoms with Crippen molar-refractivity contribution in [1.29, 1.82) is 0 Å². The highest BCUT2D eigenvalue weighted by molar-refractivity contribution is 8.02. The fraction of sp³-hybridized carbons (Fsp3) is 0.0870. The summed E-state index contributed by atoms with van der Waals surface area (Å²) in [7, 11) is 0. The summed E-state index contributed by atoms with van der Waals surface area (Å²) in [6.45, 7) is 4.03. The van der Waals surface area contributed by atoms with Crippen molar-refractivity contribution in [1.82, 2.24) is 0 Å². The summed E-state index contributed by atoms with van der Waals surface area (Å²) in [5.41, 5.74) is 3.73. The smallest absolute Gasteiger partial charge is 0.135 e. The summed E-state index contributed by atoms with van der Waals surface area (Å²) in [4.78, 5) is 5.63. The highest BCUT2D eigenvalue weighted by atomic mass is 32.2. The second-order valence-corrected chi connectivity index (χ2v) is 7.17. The molecule has 0 aliphatic carbocycles. The molecule has 0 fully saturated rings. The Bertz CT molecular complexity index is 974. The van der Waals surface area contributed by atoms with E-state index in [0.29, 0.717) is 11.4 Å². The second-order valence-electron chi connectivity index (χ2n) is 6.19. The highest BCUT2D eigenvalue weighted by Crippen LogP contribution is 2.22. The predicted molar refractivity (Wildman–Crippen MR) is 110 cm³/mol. The third kappa shape index (κ3) is 5.38. The first kappa shape index (κ1) is 19.1. The molecule has 0 saturated heterocycles. The monoisotopic (exact) mass is 379 g/mol. The second kappa shape index (κ2) is 8.78. The fourth-order valence-corrected chi connectivity index (χ4v) is 3.08. The third-order valence-electron chi connectivity index (χ3n) is 3.94. The van der Waals surface area contributed by atoms with E-state index in [2.05, 4.69) is 4.99 Å². The Hall–Kier alpha value is -2.72. The molecule has 0 aliphatic rings. The van der Waals surface area contributed by atoms with Crippen LogP contribution in [0.4, 0.5) is 14.5 Å². The van der Waals surface area contributed by atoms with Crippen LogP contribution in [0.15, 0.2) is 88.1 Å². The van der Waals surface area contributed by atoms with E-state index in [0.717, 1.165) is 16.5 Å². The van der Waals surface area contributed by atoms with Crippen LogP contribution >= 0.6 is 11.8 Å². The van der Waals surface area contributed by atoms with Gasteiger partial charge in [-0.3, -0.25) is 0 Å². The Balaban J connectivity index is 1.92. The van der Waals surface area contributed by atoms with Crippen molar-refractivity contribution >= 4 is 23.2 Å². The first-order valence-electron chi connectivity index (χ1n) is 8.52. The van der Waals surface area contributed by atoms with Crippen LogP contribution in [0.5, 0.6) is 0 Å². The largest absolute Gasteiger partial charge is 0.248 e. The van der Waals surface area contributed by atoms with Gasteiger partial charge in [0.2, 0.25) is 0 Å². The standard InChI is InChI=1S/C23H19F2NS/c1-16-3-8-19(9-4-16)26-23(21-12-7-18(24)15-22(21)25)13-14-27-20-10-5-17(2)6-11-20/h3-15H,1-2H3. The molecule has 136 valence electrons. The number of hydrogen-bond acceptors (Lipinski definition) is 2. The predicted octanol–water partition coefficient (Wildman–Crippen LogP) is 7.01. The summed E-state index contributed by atoms with van der Waals surface area (Å²) >= 11 is 1.52. The zero-order valence-electron chi connectivity index (χ0n) is 15.1. The minimum atomic E-state index is -0.633. The topological polar surface area (TPSA) is 12.4 Å². The molecule has 0 heterocycles. The van der Waals surface area contributed by atoms with Crippen molar-refractivity contribution in [2.45, 2.75) is 18.7 Å². The Morgan fingerprint density at radius 2 is 1.48 bits per heavy atom. The minimum Gasteiger partial charge on any atom is -0.248 e. The Kier molecular flexibility index (Phi) is 6.20. The maximum atomic E-state index is 14.3. The zero-order chi connectivity index (χ0) is 19.2. The third-order valence-corrected chi connectivity index (χ3v) is 4.76. The van der Waals surface area contributed by atoms with Gasteiger partial charge >= 0.3 is 0 Å². The average Bonchev–Trinajstić information content (AvgIpc) is 2.64. The number of allylic oxidation sites excluding steroid dienone is 1.